The molecule has 0 spiro atoms. The Hall–Kier alpha value is -1.97. The SMILES string of the molecule is COc1cc(O)ccc1/C=C(\C)C(=O)O. The maximum atomic E-state index is 10.6. The topological polar surface area (TPSA) is 66.8 Å². The molecule has 0 saturated heterocycles. The van der Waals surface area contributed by atoms with Crippen molar-refractivity contribution in [3.8, 4) is 11.5 Å². The molecule has 0 bridgehead atoms. The predicted octanol–water partition coefficient (Wildman–Crippen LogP) is 1.89. The summed E-state index contributed by atoms with van der Waals surface area (Å²) in [5, 5.41) is 17.9. The van der Waals surface area contributed by atoms with E-state index < -0.39 is 5.97 Å². The van der Waals surface area contributed by atoms with Crippen molar-refractivity contribution in [3.05, 3.63) is 29.3 Å². The van der Waals surface area contributed by atoms with Crippen molar-refractivity contribution in [2.75, 3.05) is 7.11 Å². The lowest BCUT2D eigenvalue weighted by molar-refractivity contribution is -0.132. The van der Waals surface area contributed by atoms with Gasteiger partial charge in [0.15, 0.2) is 0 Å². The summed E-state index contributed by atoms with van der Waals surface area (Å²) in [6.07, 6.45) is 1.49. The summed E-state index contributed by atoms with van der Waals surface area (Å²) in [5.41, 5.74) is 0.828. The minimum atomic E-state index is -0.981. The molecule has 1 aromatic carbocycles. The van der Waals surface area contributed by atoms with Crippen LogP contribution in [0.3, 0.4) is 0 Å². The molecule has 0 radical (unpaired) electrons. The van der Waals surface area contributed by atoms with E-state index in [0.29, 0.717) is 11.3 Å². The largest absolute Gasteiger partial charge is 0.508 e. The summed E-state index contributed by atoms with van der Waals surface area (Å²) < 4.78 is 5.01. The number of carboxylic acid groups (broad SMARTS) is 1. The molecule has 1 aromatic rings. The first-order valence-electron chi connectivity index (χ1n) is 4.33. The van der Waals surface area contributed by atoms with Gasteiger partial charge in [0.25, 0.3) is 0 Å². The molecular formula is C11H12O4. The van der Waals surface area contributed by atoms with Gasteiger partial charge < -0.3 is 14.9 Å². The maximum absolute atomic E-state index is 10.6. The second-order valence-corrected chi connectivity index (χ2v) is 3.06. The van der Waals surface area contributed by atoms with E-state index in [2.05, 4.69) is 0 Å². The number of aromatic hydroxyl groups is 1. The van der Waals surface area contributed by atoms with Gasteiger partial charge in [0.2, 0.25) is 0 Å². The summed E-state index contributed by atoms with van der Waals surface area (Å²) in [7, 11) is 1.46. The zero-order valence-corrected chi connectivity index (χ0v) is 8.52. The molecule has 1 rings (SSSR count). The average Bonchev–Trinajstić information content (AvgIpc) is 2.20. The Bertz CT molecular complexity index is 407. The van der Waals surface area contributed by atoms with Crippen LogP contribution < -0.4 is 4.74 Å². The van der Waals surface area contributed by atoms with Crippen LogP contribution >= 0.6 is 0 Å². The number of carbonyl (C=O) groups is 1. The third-order valence-electron chi connectivity index (χ3n) is 1.93. The number of carboxylic acids is 1. The van der Waals surface area contributed by atoms with E-state index in [0.717, 1.165) is 0 Å². The third-order valence-corrected chi connectivity index (χ3v) is 1.93. The van der Waals surface area contributed by atoms with Gasteiger partial charge in [0.05, 0.1) is 7.11 Å². The minimum Gasteiger partial charge on any atom is -0.508 e. The van der Waals surface area contributed by atoms with Crippen LogP contribution in [0.4, 0.5) is 0 Å². The van der Waals surface area contributed by atoms with E-state index in [1.54, 1.807) is 6.07 Å². The Labute approximate surface area is 87.4 Å². The average molecular weight is 208 g/mol. The summed E-state index contributed by atoms with van der Waals surface area (Å²) >= 11 is 0. The highest BCUT2D eigenvalue weighted by Crippen LogP contribution is 2.25. The van der Waals surface area contributed by atoms with Crippen molar-refractivity contribution in [2.24, 2.45) is 0 Å². The zero-order chi connectivity index (χ0) is 11.4. The monoisotopic (exact) mass is 208 g/mol. The summed E-state index contributed by atoms with van der Waals surface area (Å²) in [6.45, 7) is 1.49. The van der Waals surface area contributed by atoms with Crippen molar-refractivity contribution in [3.63, 3.8) is 0 Å². The highest BCUT2D eigenvalue weighted by Gasteiger charge is 2.05. The molecule has 0 aliphatic heterocycles. The zero-order valence-electron chi connectivity index (χ0n) is 8.52. The van der Waals surface area contributed by atoms with E-state index in [-0.39, 0.29) is 11.3 Å². The fourth-order valence-corrected chi connectivity index (χ4v) is 1.11. The highest BCUT2D eigenvalue weighted by molar-refractivity contribution is 5.91. The quantitative estimate of drug-likeness (QED) is 0.744. The fraction of sp³-hybridized carbons (Fsp3) is 0.182. The summed E-state index contributed by atoms with van der Waals surface area (Å²) in [4.78, 5) is 10.6. The Morgan fingerprint density at radius 2 is 2.13 bits per heavy atom. The number of ether oxygens (including phenoxy) is 1. The Morgan fingerprint density at radius 3 is 2.67 bits per heavy atom. The summed E-state index contributed by atoms with van der Waals surface area (Å²) in [5.74, 6) is -0.460. The second kappa shape index (κ2) is 4.50. The number of benzene rings is 1. The van der Waals surface area contributed by atoms with E-state index in [1.165, 1.54) is 32.2 Å². The van der Waals surface area contributed by atoms with Gasteiger partial charge in [-0.15, -0.1) is 0 Å². The summed E-state index contributed by atoms with van der Waals surface area (Å²) in [6, 6.07) is 4.51. The molecule has 0 atom stereocenters. The minimum absolute atomic E-state index is 0.0805. The van der Waals surface area contributed by atoms with Crippen LogP contribution in [0.5, 0.6) is 11.5 Å². The van der Waals surface area contributed by atoms with Crippen molar-refractivity contribution < 1.29 is 19.7 Å². The number of aliphatic carboxylic acids is 1. The first-order valence-corrected chi connectivity index (χ1v) is 4.33. The van der Waals surface area contributed by atoms with Crippen molar-refractivity contribution in [2.45, 2.75) is 6.92 Å². The van der Waals surface area contributed by atoms with Gasteiger partial charge in [0, 0.05) is 17.2 Å². The van der Waals surface area contributed by atoms with Gasteiger partial charge in [-0.1, -0.05) is 0 Å². The number of phenols is 1. The molecule has 15 heavy (non-hydrogen) atoms. The highest BCUT2D eigenvalue weighted by atomic mass is 16.5. The molecule has 0 heterocycles. The molecular weight excluding hydrogens is 196 g/mol. The van der Waals surface area contributed by atoms with Gasteiger partial charge in [-0.2, -0.15) is 0 Å². The standard InChI is InChI=1S/C11H12O4/c1-7(11(13)14)5-8-3-4-9(12)6-10(8)15-2/h3-6,12H,1-2H3,(H,13,14)/b7-5+. The fourth-order valence-electron chi connectivity index (χ4n) is 1.11. The predicted molar refractivity (Wildman–Crippen MR) is 55.9 cm³/mol. The van der Waals surface area contributed by atoms with Crippen LogP contribution in [0.25, 0.3) is 6.08 Å². The normalized spacial score (nSPS) is 11.2. The number of methoxy groups -OCH3 is 1. The van der Waals surface area contributed by atoms with Crippen molar-refractivity contribution in [1.29, 1.82) is 0 Å². The van der Waals surface area contributed by atoms with Crippen LogP contribution in [0.2, 0.25) is 0 Å². The maximum Gasteiger partial charge on any atom is 0.331 e. The molecule has 0 saturated carbocycles. The van der Waals surface area contributed by atoms with Crippen LogP contribution in [-0.2, 0) is 4.79 Å². The molecule has 0 aliphatic rings. The van der Waals surface area contributed by atoms with E-state index in [4.69, 9.17) is 9.84 Å². The van der Waals surface area contributed by atoms with E-state index in [9.17, 15) is 9.90 Å². The lowest BCUT2D eigenvalue weighted by Crippen LogP contribution is -1.96. The first kappa shape index (κ1) is 11.1. The molecule has 0 aromatic heterocycles. The number of rotatable bonds is 3. The first-order chi connectivity index (χ1) is 7.04. The molecule has 0 aliphatic carbocycles. The Balaban J connectivity index is 3.15. The Kier molecular flexibility index (Phi) is 3.33. The van der Waals surface area contributed by atoms with Gasteiger partial charge in [-0.05, 0) is 25.1 Å². The number of hydrogen-bond donors (Lipinski definition) is 2. The van der Waals surface area contributed by atoms with Crippen LogP contribution in [0, 0.1) is 0 Å². The van der Waals surface area contributed by atoms with Gasteiger partial charge >= 0.3 is 5.97 Å². The smallest absolute Gasteiger partial charge is 0.331 e. The van der Waals surface area contributed by atoms with Gasteiger partial charge in [-0.25, -0.2) is 4.79 Å². The Morgan fingerprint density at radius 1 is 1.47 bits per heavy atom. The molecule has 0 amide bonds. The third kappa shape index (κ3) is 2.74. The van der Waals surface area contributed by atoms with Crippen molar-refractivity contribution >= 4 is 12.0 Å². The van der Waals surface area contributed by atoms with Gasteiger partial charge in [-0.3, -0.25) is 0 Å². The molecule has 2 N–H and O–H groups in total. The van der Waals surface area contributed by atoms with Crippen LogP contribution in [0.15, 0.2) is 23.8 Å². The van der Waals surface area contributed by atoms with Crippen LogP contribution in [-0.4, -0.2) is 23.3 Å². The molecule has 4 heteroatoms. The van der Waals surface area contributed by atoms with E-state index >= 15 is 0 Å². The second-order valence-electron chi connectivity index (χ2n) is 3.06. The molecule has 4 nitrogen and oxygen atoms in total. The van der Waals surface area contributed by atoms with Crippen molar-refractivity contribution in [1.82, 2.24) is 0 Å². The number of phenolic OH excluding ortho intramolecular Hbond substituents is 1. The van der Waals surface area contributed by atoms with Gasteiger partial charge in [0.1, 0.15) is 11.5 Å². The lowest BCUT2D eigenvalue weighted by Gasteiger charge is -2.05. The van der Waals surface area contributed by atoms with Crippen LogP contribution in [0.1, 0.15) is 12.5 Å². The number of hydrogen-bond acceptors (Lipinski definition) is 3. The lowest BCUT2D eigenvalue weighted by atomic mass is 10.1. The molecule has 0 unspecified atom stereocenters. The molecule has 0 fully saturated rings. The molecule has 80 valence electrons. The van der Waals surface area contributed by atoms with E-state index in [1.807, 2.05) is 0 Å².